The van der Waals surface area contributed by atoms with Crippen LogP contribution in [0, 0.1) is 0 Å². The van der Waals surface area contributed by atoms with Crippen LogP contribution < -0.4 is 10.1 Å². The second kappa shape index (κ2) is 10.0. The normalized spacial score (nSPS) is 15.2. The number of hydrogen-bond acceptors (Lipinski definition) is 5. The third-order valence-corrected chi connectivity index (χ3v) is 7.38. The third-order valence-electron chi connectivity index (χ3n) is 5.45. The van der Waals surface area contributed by atoms with Crippen LogP contribution in [0.2, 0.25) is 0 Å². The predicted molar refractivity (Wildman–Crippen MR) is 115 cm³/mol. The molecule has 7 nitrogen and oxygen atoms in total. The van der Waals surface area contributed by atoms with Crippen molar-refractivity contribution in [2.24, 2.45) is 0 Å². The molecule has 0 saturated heterocycles. The van der Waals surface area contributed by atoms with Crippen molar-refractivity contribution < 1.29 is 17.9 Å². The van der Waals surface area contributed by atoms with Gasteiger partial charge < -0.3 is 10.1 Å². The zero-order chi connectivity index (χ0) is 21.6. The first-order chi connectivity index (χ1) is 14.4. The molecule has 0 radical (unpaired) electrons. The molecule has 1 aliphatic carbocycles. The number of aromatic nitrogens is 1. The smallest absolute Gasteiger partial charge is 0.251 e. The Labute approximate surface area is 178 Å². The number of sulfonamides is 1. The summed E-state index contributed by atoms with van der Waals surface area (Å²) in [5.74, 6) is 0.207. The van der Waals surface area contributed by atoms with Crippen LogP contribution in [-0.4, -0.2) is 43.3 Å². The lowest BCUT2D eigenvalue weighted by Crippen LogP contribution is -2.38. The molecule has 1 aliphatic rings. The Morgan fingerprint density at radius 1 is 1.17 bits per heavy atom. The summed E-state index contributed by atoms with van der Waals surface area (Å²) in [5.41, 5.74) is 1.18. The third kappa shape index (κ3) is 5.17. The molecular weight excluding hydrogens is 402 g/mol. The lowest BCUT2D eigenvalue weighted by atomic mass is 9.96. The molecule has 30 heavy (non-hydrogen) atoms. The Kier molecular flexibility index (Phi) is 7.44. The number of hydrogen-bond donors (Lipinski definition) is 1. The van der Waals surface area contributed by atoms with Crippen molar-refractivity contribution in [1.82, 2.24) is 14.6 Å². The number of carbonyl (C=O) groups excluding carboxylic acids is 1. The Morgan fingerprint density at radius 2 is 1.87 bits per heavy atom. The molecule has 1 heterocycles. The highest BCUT2D eigenvalue weighted by molar-refractivity contribution is 7.89. The molecule has 2 aromatic rings. The van der Waals surface area contributed by atoms with Crippen LogP contribution in [0.3, 0.4) is 0 Å². The van der Waals surface area contributed by atoms with Crippen LogP contribution in [-0.2, 0) is 16.6 Å². The summed E-state index contributed by atoms with van der Waals surface area (Å²) >= 11 is 0. The highest BCUT2D eigenvalue weighted by Crippen LogP contribution is 2.26. The SMILES string of the molecule is CCOc1ncccc1CNC(=O)c1ccc(S(=O)(=O)N(C)C2CCCCC2)cc1. The summed E-state index contributed by atoms with van der Waals surface area (Å²) in [5, 5.41) is 2.83. The van der Waals surface area contributed by atoms with Gasteiger partial charge in [0, 0.05) is 37.0 Å². The fourth-order valence-electron chi connectivity index (χ4n) is 3.69. The summed E-state index contributed by atoms with van der Waals surface area (Å²) in [6.07, 6.45) is 6.72. The minimum atomic E-state index is -3.57. The van der Waals surface area contributed by atoms with Gasteiger partial charge in [0.2, 0.25) is 15.9 Å². The van der Waals surface area contributed by atoms with Crippen molar-refractivity contribution in [2.75, 3.05) is 13.7 Å². The predicted octanol–water partition coefficient (Wildman–Crippen LogP) is 3.36. The number of benzene rings is 1. The first-order valence-corrected chi connectivity index (χ1v) is 11.8. The maximum atomic E-state index is 12.9. The van der Waals surface area contributed by atoms with E-state index in [1.165, 1.54) is 22.9 Å². The number of pyridine rings is 1. The molecular formula is C22H29N3O4S. The lowest BCUT2D eigenvalue weighted by molar-refractivity contribution is 0.0950. The molecule has 1 saturated carbocycles. The van der Waals surface area contributed by atoms with Crippen molar-refractivity contribution >= 4 is 15.9 Å². The molecule has 0 unspecified atom stereocenters. The van der Waals surface area contributed by atoms with E-state index in [1.807, 2.05) is 13.0 Å². The van der Waals surface area contributed by atoms with Gasteiger partial charge in [0.15, 0.2) is 0 Å². The van der Waals surface area contributed by atoms with Crippen molar-refractivity contribution in [3.63, 3.8) is 0 Å². The van der Waals surface area contributed by atoms with Crippen molar-refractivity contribution in [2.45, 2.75) is 56.5 Å². The highest BCUT2D eigenvalue weighted by Gasteiger charge is 2.29. The molecule has 1 aromatic heterocycles. The molecule has 0 aliphatic heterocycles. The summed E-state index contributed by atoms with van der Waals surface area (Å²) < 4.78 is 32.8. The van der Waals surface area contributed by atoms with E-state index in [0.29, 0.717) is 18.1 Å². The monoisotopic (exact) mass is 431 g/mol. The quantitative estimate of drug-likeness (QED) is 0.692. The first-order valence-electron chi connectivity index (χ1n) is 10.4. The van der Waals surface area contributed by atoms with Crippen molar-refractivity contribution in [3.05, 3.63) is 53.7 Å². The fraction of sp³-hybridized carbons (Fsp3) is 0.455. The molecule has 1 amide bonds. The van der Waals surface area contributed by atoms with E-state index in [0.717, 1.165) is 31.2 Å². The zero-order valence-electron chi connectivity index (χ0n) is 17.5. The van der Waals surface area contributed by atoms with E-state index in [1.54, 1.807) is 31.4 Å². The fourth-order valence-corrected chi connectivity index (χ4v) is 5.10. The van der Waals surface area contributed by atoms with Gasteiger partial charge in [-0.2, -0.15) is 4.31 Å². The van der Waals surface area contributed by atoms with Crippen LogP contribution in [0.15, 0.2) is 47.5 Å². The maximum Gasteiger partial charge on any atom is 0.251 e. The molecule has 1 aromatic carbocycles. The van der Waals surface area contributed by atoms with Crippen LogP contribution in [0.25, 0.3) is 0 Å². The number of amides is 1. The molecule has 0 bridgehead atoms. The van der Waals surface area contributed by atoms with Crippen LogP contribution in [0.4, 0.5) is 0 Å². The van der Waals surface area contributed by atoms with E-state index in [2.05, 4.69) is 10.3 Å². The first kappa shape index (κ1) is 22.2. The van der Waals surface area contributed by atoms with Gasteiger partial charge in [-0.25, -0.2) is 13.4 Å². The van der Waals surface area contributed by atoms with Gasteiger partial charge in [-0.3, -0.25) is 4.79 Å². The largest absolute Gasteiger partial charge is 0.478 e. The minimum Gasteiger partial charge on any atom is -0.478 e. The second-order valence-corrected chi connectivity index (χ2v) is 9.42. The van der Waals surface area contributed by atoms with Crippen LogP contribution in [0.5, 0.6) is 5.88 Å². The number of ether oxygens (including phenoxy) is 1. The van der Waals surface area contributed by atoms with E-state index in [9.17, 15) is 13.2 Å². The van der Waals surface area contributed by atoms with E-state index in [-0.39, 0.29) is 23.4 Å². The Balaban J connectivity index is 1.65. The Hall–Kier alpha value is -2.45. The molecule has 0 atom stereocenters. The molecule has 1 N–H and O–H groups in total. The number of nitrogens with zero attached hydrogens (tertiary/aromatic N) is 2. The van der Waals surface area contributed by atoms with Gasteiger partial charge in [0.25, 0.3) is 5.91 Å². The van der Waals surface area contributed by atoms with Gasteiger partial charge in [0.1, 0.15) is 0 Å². The summed E-state index contributed by atoms with van der Waals surface area (Å²) in [6, 6.07) is 9.76. The number of rotatable bonds is 8. The van der Waals surface area contributed by atoms with E-state index < -0.39 is 10.0 Å². The summed E-state index contributed by atoms with van der Waals surface area (Å²) in [6.45, 7) is 2.63. The van der Waals surface area contributed by atoms with Crippen molar-refractivity contribution in [3.8, 4) is 5.88 Å². The number of nitrogens with one attached hydrogen (secondary N) is 1. The zero-order valence-corrected chi connectivity index (χ0v) is 18.3. The lowest BCUT2D eigenvalue weighted by Gasteiger charge is -2.30. The molecule has 3 rings (SSSR count). The highest BCUT2D eigenvalue weighted by atomic mass is 32.2. The average Bonchev–Trinajstić information content (AvgIpc) is 2.78. The molecule has 1 fully saturated rings. The Morgan fingerprint density at radius 3 is 2.53 bits per heavy atom. The van der Waals surface area contributed by atoms with Gasteiger partial charge in [-0.05, 0) is 50.1 Å². The van der Waals surface area contributed by atoms with Gasteiger partial charge in [-0.15, -0.1) is 0 Å². The molecule has 162 valence electrons. The van der Waals surface area contributed by atoms with Gasteiger partial charge in [0.05, 0.1) is 11.5 Å². The second-order valence-electron chi connectivity index (χ2n) is 7.42. The molecule has 0 spiro atoms. The average molecular weight is 432 g/mol. The standard InChI is InChI=1S/C22H29N3O4S/c1-3-29-22-18(8-7-15-23-22)16-24-21(26)17-11-13-20(14-12-17)30(27,28)25(2)19-9-5-4-6-10-19/h7-8,11-15,19H,3-6,9-10,16H2,1-2H3,(H,24,26). The maximum absolute atomic E-state index is 12.9. The molecule has 8 heteroatoms. The summed E-state index contributed by atoms with van der Waals surface area (Å²) in [4.78, 5) is 16.9. The number of carbonyl (C=O) groups is 1. The van der Waals surface area contributed by atoms with Crippen LogP contribution in [0.1, 0.15) is 54.9 Å². The minimum absolute atomic E-state index is 0.0470. The van der Waals surface area contributed by atoms with Gasteiger partial charge in [-0.1, -0.05) is 25.3 Å². The Bertz CT molecular complexity index is 955. The van der Waals surface area contributed by atoms with Crippen molar-refractivity contribution in [1.29, 1.82) is 0 Å². The van der Waals surface area contributed by atoms with E-state index >= 15 is 0 Å². The van der Waals surface area contributed by atoms with Crippen LogP contribution >= 0.6 is 0 Å². The topological polar surface area (TPSA) is 88.6 Å². The van der Waals surface area contributed by atoms with Gasteiger partial charge >= 0.3 is 0 Å². The van der Waals surface area contributed by atoms with E-state index in [4.69, 9.17) is 4.74 Å². The summed E-state index contributed by atoms with van der Waals surface area (Å²) in [7, 11) is -1.92.